The standard InChI is InChI=1S/C15H20N2O/c1-12-5-3-6-14(9-12)10-18-8-4-7-15-13(2)16-11-17-15/h3,5-6,9,11H,4,7-8,10H2,1-2H3,(H,16,17). The SMILES string of the molecule is Cc1cccc(COCCCc2nc[nH]c2C)c1. The molecular weight excluding hydrogens is 224 g/mol. The topological polar surface area (TPSA) is 37.9 Å². The zero-order valence-corrected chi connectivity index (χ0v) is 11.1. The lowest BCUT2D eigenvalue weighted by molar-refractivity contribution is 0.118. The Balaban J connectivity index is 1.66. The molecule has 1 aromatic heterocycles. The van der Waals surface area contributed by atoms with Crippen LogP contribution in [0, 0.1) is 13.8 Å². The Kier molecular flexibility index (Phi) is 4.53. The van der Waals surface area contributed by atoms with E-state index in [4.69, 9.17) is 4.74 Å². The van der Waals surface area contributed by atoms with E-state index in [1.54, 1.807) is 6.33 Å². The molecule has 1 aromatic carbocycles. The van der Waals surface area contributed by atoms with Gasteiger partial charge >= 0.3 is 0 Å². The van der Waals surface area contributed by atoms with Crippen molar-refractivity contribution in [2.24, 2.45) is 0 Å². The first kappa shape index (κ1) is 12.8. The number of aryl methyl sites for hydroxylation is 3. The average Bonchev–Trinajstić information content (AvgIpc) is 2.75. The Morgan fingerprint density at radius 1 is 1.28 bits per heavy atom. The molecule has 0 aliphatic rings. The predicted molar refractivity (Wildman–Crippen MR) is 72.5 cm³/mol. The minimum atomic E-state index is 0.696. The highest BCUT2D eigenvalue weighted by Crippen LogP contribution is 2.07. The first-order valence-electron chi connectivity index (χ1n) is 6.38. The summed E-state index contributed by atoms with van der Waals surface area (Å²) in [4.78, 5) is 7.36. The summed E-state index contributed by atoms with van der Waals surface area (Å²) in [5.41, 5.74) is 4.83. The van der Waals surface area contributed by atoms with E-state index in [-0.39, 0.29) is 0 Å². The molecule has 1 N–H and O–H groups in total. The minimum Gasteiger partial charge on any atom is -0.377 e. The Morgan fingerprint density at radius 2 is 2.17 bits per heavy atom. The largest absolute Gasteiger partial charge is 0.377 e. The zero-order valence-electron chi connectivity index (χ0n) is 11.1. The number of H-pyrrole nitrogens is 1. The van der Waals surface area contributed by atoms with Gasteiger partial charge in [0, 0.05) is 12.3 Å². The Hall–Kier alpha value is -1.61. The van der Waals surface area contributed by atoms with Crippen LogP contribution in [0.5, 0.6) is 0 Å². The molecule has 0 unspecified atom stereocenters. The van der Waals surface area contributed by atoms with Crippen molar-refractivity contribution in [3.8, 4) is 0 Å². The average molecular weight is 244 g/mol. The van der Waals surface area contributed by atoms with Crippen molar-refractivity contribution in [2.45, 2.75) is 33.3 Å². The van der Waals surface area contributed by atoms with E-state index < -0.39 is 0 Å². The highest BCUT2D eigenvalue weighted by atomic mass is 16.5. The van der Waals surface area contributed by atoms with E-state index in [1.165, 1.54) is 11.1 Å². The second-order valence-electron chi connectivity index (χ2n) is 4.62. The molecular formula is C15H20N2O. The van der Waals surface area contributed by atoms with Gasteiger partial charge in [0.1, 0.15) is 0 Å². The van der Waals surface area contributed by atoms with E-state index in [0.29, 0.717) is 6.61 Å². The van der Waals surface area contributed by atoms with Crippen LogP contribution in [0.4, 0.5) is 0 Å². The maximum absolute atomic E-state index is 5.67. The molecule has 96 valence electrons. The normalized spacial score (nSPS) is 10.8. The maximum atomic E-state index is 5.67. The van der Waals surface area contributed by atoms with Crippen molar-refractivity contribution in [1.29, 1.82) is 0 Å². The van der Waals surface area contributed by atoms with Crippen LogP contribution >= 0.6 is 0 Å². The lowest BCUT2D eigenvalue weighted by Crippen LogP contribution is -1.98. The molecule has 18 heavy (non-hydrogen) atoms. The van der Waals surface area contributed by atoms with E-state index in [9.17, 15) is 0 Å². The highest BCUT2D eigenvalue weighted by molar-refractivity contribution is 5.21. The van der Waals surface area contributed by atoms with E-state index in [1.807, 2.05) is 0 Å². The van der Waals surface area contributed by atoms with Crippen LogP contribution in [-0.4, -0.2) is 16.6 Å². The molecule has 2 rings (SSSR count). The van der Waals surface area contributed by atoms with Gasteiger partial charge in [-0.05, 0) is 32.3 Å². The summed E-state index contributed by atoms with van der Waals surface area (Å²) in [5, 5.41) is 0. The smallest absolute Gasteiger partial charge is 0.0925 e. The van der Waals surface area contributed by atoms with Gasteiger partial charge < -0.3 is 9.72 Å². The third kappa shape index (κ3) is 3.70. The summed E-state index contributed by atoms with van der Waals surface area (Å²) in [6.45, 7) is 5.63. The summed E-state index contributed by atoms with van der Waals surface area (Å²) in [6.07, 6.45) is 3.74. The van der Waals surface area contributed by atoms with Gasteiger partial charge in [0.05, 0.1) is 18.6 Å². The Bertz CT molecular complexity index is 491. The zero-order chi connectivity index (χ0) is 12.8. The molecule has 2 aromatic rings. The number of rotatable bonds is 6. The first-order valence-corrected chi connectivity index (χ1v) is 6.38. The van der Waals surface area contributed by atoms with Crippen molar-refractivity contribution in [1.82, 2.24) is 9.97 Å². The van der Waals surface area contributed by atoms with E-state index >= 15 is 0 Å². The number of imidazole rings is 1. The first-order chi connectivity index (χ1) is 8.75. The number of benzene rings is 1. The molecule has 0 saturated carbocycles. The minimum absolute atomic E-state index is 0.696. The molecule has 0 fully saturated rings. The third-order valence-electron chi connectivity index (χ3n) is 2.99. The molecule has 0 atom stereocenters. The molecule has 0 radical (unpaired) electrons. The fourth-order valence-electron chi connectivity index (χ4n) is 1.97. The van der Waals surface area contributed by atoms with Gasteiger partial charge in [-0.3, -0.25) is 0 Å². The van der Waals surface area contributed by atoms with E-state index in [2.05, 4.69) is 48.1 Å². The maximum Gasteiger partial charge on any atom is 0.0925 e. The van der Waals surface area contributed by atoms with Gasteiger partial charge in [-0.2, -0.15) is 0 Å². The van der Waals surface area contributed by atoms with Crippen molar-refractivity contribution in [2.75, 3.05) is 6.61 Å². The van der Waals surface area contributed by atoms with Gasteiger partial charge in [0.2, 0.25) is 0 Å². The fourth-order valence-corrected chi connectivity index (χ4v) is 1.97. The van der Waals surface area contributed by atoms with Crippen LogP contribution in [0.1, 0.15) is 28.9 Å². The number of hydrogen-bond acceptors (Lipinski definition) is 2. The van der Waals surface area contributed by atoms with Gasteiger partial charge in [-0.1, -0.05) is 29.8 Å². The van der Waals surface area contributed by atoms with Crippen molar-refractivity contribution >= 4 is 0 Å². The summed E-state index contributed by atoms with van der Waals surface area (Å²) < 4.78 is 5.67. The van der Waals surface area contributed by atoms with Crippen LogP contribution in [-0.2, 0) is 17.8 Å². The van der Waals surface area contributed by atoms with Crippen molar-refractivity contribution in [3.05, 3.63) is 53.1 Å². The van der Waals surface area contributed by atoms with Gasteiger partial charge in [-0.15, -0.1) is 0 Å². The van der Waals surface area contributed by atoms with Crippen LogP contribution in [0.15, 0.2) is 30.6 Å². The third-order valence-corrected chi connectivity index (χ3v) is 2.99. The van der Waals surface area contributed by atoms with Crippen LogP contribution in [0.25, 0.3) is 0 Å². The molecule has 0 bridgehead atoms. The fraction of sp³-hybridized carbons (Fsp3) is 0.400. The van der Waals surface area contributed by atoms with Crippen molar-refractivity contribution < 1.29 is 4.74 Å². The summed E-state index contributed by atoms with van der Waals surface area (Å²) in [5.74, 6) is 0. The van der Waals surface area contributed by atoms with Crippen LogP contribution in [0.2, 0.25) is 0 Å². The van der Waals surface area contributed by atoms with Crippen molar-refractivity contribution in [3.63, 3.8) is 0 Å². The van der Waals surface area contributed by atoms with Crippen LogP contribution in [0.3, 0.4) is 0 Å². The number of hydrogen-bond donors (Lipinski definition) is 1. The quantitative estimate of drug-likeness (QED) is 0.792. The molecule has 3 heteroatoms. The molecule has 0 aliphatic heterocycles. The second-order valence-corrected chi connectivity index (χ2v) is 4.62. The summed E-state index contributed by atoms with van der Waals surface area (Å²) in [6, 6.07) is 8.44. The number of nitrogens with one attached hydrogen (secondary N) is 1. The van der Waals surface area contributed by atoms with Gasteiger partial charge in [0.25, 0.3) is 0 Å². The second kappa shape index (κ2) is 6.36. The lowest BCUT2D eigenvalue weighted by atomic mass is 10.1. The predicted octanol–water partition coefficient (Wildman–Crippen LogP) is 3.18. The van der Waals surface area contributed by atoms with Crippen LogP contribution < -0.4 is 0 Å². The van der Waals surface area contributed by atoms with E-state index in [0.717, 1.165) is 30.8 Å². The molecule has 0 saturated heterocycles. The molecule has 0 spiro atoms. The number of nitrogens with zero attached hydrogens (tertiary/aromatic N) is 1. The molecule has 3 nitrogen and oxygen atoms in total. The lowest BCUT2D eigenvalue weighted by Gasteiger charge is -2.05. The number of aromatic nitrogens is 2. The Morgan fingerprint density at radius 3 is 2.89 bits per heavy atom. The number of aromatic amines is 1. The molecule has 0 aliphatic carbocycles. The summed E-state index contributed by atoms with van der Waals surface area (Å²) in [7, 11) is 0. The van der Waals surface area contributed by atoms with Gasteiger partial charge in [0.15, 0.2) is 0 Å². The monoisotopic (exact) mass is 244 g/mol. The molecule has 1 heterocycles. The Labute approximate surface area is 108 Å². The summed E-state index contributed by atoms with van der Waals surface area (Å²) >= 11 is 0. The van der Waals surface area contributed by atoms with Gasteiger partial charge in [-0.25, -0.2) is 4.98 Å². The molecule has 0 amide bonds. The number of ether oxygens (including phenoxy) is 1. The highest BCUT2D eigenvalue weighted by Gasteiger charge is 2.00.